The lowest BCUT2D eigenvalue weighted by Gasteiger charge is -2.09. The van der Waals surface area contributed by atoms with Gasteiger partial charge in [0.2, 0.25) is 5.91 Å². The molecule has 32 heavy (non-hydrogen) atoms. The van der Waals surface area contributed by atoms with Gasteiger partial charge in [0.05, 0.1) is 18.4 Å². The first-order chi connectivity index (χ1) is 15.3. The van der Waals surface area contributed by atoms with Crippen LogP contribution in [0.5, 0.6) is 5.75 Å². The Balaban J connectivity index is 1.58. The molecule has 0 spiro atoms. The number of hydrogen-bond acceptors (Lipinski definition) is 4. The van der Waals surface area contributed by atoms with E-state index in [4.69, 9.17) is 4.74 Å². The number of nitrogens with zero attached hydrogens (tertiary/aromatic N) is 3. The van der Waals surface area contributed by atoms with Crippen LogP contribution in [0.4, 0.5) is 18.9 Å². The molecule has 1 N–H and O–H groups in total. The number of carbonyl (C=O) groups is 1. The van der Waals surface area contributed by atoms with Crippen molar-refractivity contribution < 1.29 is 22.7 Å². The van der Waals surface area contributed by atoms with Gasteiger partial charge in [-0.25, -0.2) is 9.67 Å². The highest BCUT2D eigenvalue weighted by molar-refractivity contribution is 5.96. The summed E-state index contributed by atoms with van der Waals surface area (Å²) in [6.45, 7) is 1.70. The molecular formula is C23H19F3N4O2. The van der Waals surface area contributed by atoms with E-state index in [2.05, 4.69) is 15.4 Å². The maximum absolute atomic E-state index is 12.7. The second kappa shape index (κ2) is 8.33. The molecule has 0 aliphatic heterocycles. The van der Waals surface area contributed by atoms with E-state index < -0.39 is 17.6 Å². The van der Waals surface area contributed by atoms with E-state index in [1.807, 2.05) is 37.3 Å². The number of hydrogen-bond donors (Lipinski definition) is 1. The van der Waals surface area contributed by atoms with Crippen LogP contribution >= 0.6 is 0 Å². The average molecular weight is 440 g/mol. The third-order valence-corrected chi connectivity index (χ3v) is 5.00. The Morgan fingerprint density at radius 1 is 1.06 bits per heavy atom. The molecule has 4 aromatic rings. The molecule has 0 unspecified atom stereocenters. The number of halogens is 3. The number of aryl methyl sites for hydroxylation is 1. The van der Waals surface area contributed by atoms with E-state index >= 15 is 0 Å². The fourth-order valence-electron chi connectivity index (χ4n) is 3.48. The molecule has 2 aromatic heterocycles. The molecule has 1 amide bonds. The summed E-state index contributed by atoms with van der Waals surface area (Å²) in [5.74, 6) is 0.317. The van der Waals surface area contributed by atoms with Crippen molar-refractivity contribution in [1.82, 2.24) is 14.8 Å². The normalized spacial score (nSPS) is 11.5. The van der Waals surface area contributed by atoms with Gasteiger partial charge in [0.15, 0.2) is 5.65 Å². The average Bonchev–Trinajstić information content (AvgIpc) is 3.09. The molecule has 4 rings (SSSR count). The Kier molecular flexibility index (Phi) is 5.56. The van der Waals surface area contributed by atoms with Gasteiger partial charge in [-0.3, -0.25) is 4.79 Å². The minimum atomic E-state index is -4.43. The molecule has 0 saturated heterocycles. The SMILES string of the molecule is COc1ccc(-c2ccnc3c2c(C)nn3CC(=O)Nc2ccc(C(F)(F)F)cc2)cc1. The number of benzene rings is 2. The molecule has 2 aromatic carbocycles. The third kappa shape index (κ3) is 4.27. The van der Waals surface area contributed by atoms with E-state index in [0.717, 1.165) is 34.4 Å². The maximum Gasteiger partial charge on any atom is 0.416 e. The first kappa shape index (κ1) is 21.4. The first-order valence-electron chi connectivity index (χ1n) is 9.70. The van der Waals surface area contributed by atoms with E-state index in [1.165, 1.54) is 16.8 Å². The van der Waals surface area contributed by atoms with Crippen molar-refractivity contribution in [3.63, 3.8) is 0 Å². The molecule has 0 bridgehead atoms. The summed E-state index contributed by atoms with van der Waals surface area (Å²) in [6.07, 6.45) is -2.78. The molecule has 2 heterocycles. The van der Waals surface area contributed by atoms with Gasteiger partial charge in [0.1, 0.15) is 12.3 Å². The summed E-state index contributed by atoms with van der Waals surface area (Å²) in [4.78, 5) is 16.9. The zero-order valence-electron chi connectivity index (χ0n) is 17.3. The maximum atomic E-state index is 12.7. The second-order valence-corrected chi connectivity index (χ2v) is 7.15. The number of aromatic nitrogens is 3. The van der Waals surface area contributed by atoms with Crippen LogP contribution in [-0.2, 0) is 17.5 Å². The van der Waals surface area contributed by atoms with Crippen molar-refractivity contribution in [2.45, 2.75) is 19.6 Å². The highest BCUT2D eigenvalue weighted by Gasteiger charge is 2.30. The van der Waals surface area contributed by atoms with Crippen LogP contribution in [0.25, 0.3) is 22.2 Å². The minimum Gasteiger partial charge on any atom is -0.497 e. The van der Waals surface area contributed by atoms with Crippen molar-refractivity contribution in [3.05, 3.63) is 72.1 Å². The predicted octanol–water partition coefficient (Wildman–Crippen LogP) is 5.07. The number of fused-ring (bicyclic) bond motifs is 1. The number of nitrogens with one attached hydrogen (secondary N) is 1. The fourth-order valence-corrected chi connectivity index (χ4v) is 3.48. The monoisotopic (exact) mass is 440 g/mol. The fraction of sp³-hybridized carbons (Fsp3) is 0.174. The van der Waals surface area contributed by atoms with Crippen LogP contribution in [0.3, 0.4) is 0 Å². The third-order valence-electron chi connectivity index (χ3n) is 5.00. The van der Waals surface area contributed by atoms with Crippen LogP contribution in [-0.4, -0.2) is 27.8 Å². The summed E-state index contributed by atoms with van der Waals surface area (Å²) in [5, 5.41) is 7.87. The summed E-state index contributed by atoms with van der Waals surface area (Å²) in [5.41, 5.74) is 2.61. The predicted molar refractivity (Wildman–Crippen MR) is 114 cm³/mol. The Morgan fingerprint density at radius 3 is 2.38 bits per heavy atom. The van der Waals surface area contributed by atoms with Crippen LogP contribution in [0.2, 0.25) is 0 Å². The zero-order chi connectivity index (χ0) is 22.9. The van der Waals surface area contributed by atoms with Gasteiger partial charge in [-0.15, -0.1) is 0 Å². The van der Waals surface area contributed by atoms with Gasteiger partial charge in [-0.05, 0) is 60.5 Å². The van der Waals surface area contributed by atoms with Crippen LogP contribution in [0, 0.1) is 6.92 Å². The number of amides is 1. The Labute approximate surface area is 181 Å². The molecule has 9 heteroatoms. The first-order valence-corrected chi connectivity index (χ1v) is 9.70. The highest BCUT2D eigenvalue weighted by atomic mass is 19.4. The Morgan fingerprint density at radius 2 is 1.75 bits per heavy atom. The van der Waals surface area contributed by atoms with E-state index in [9.17, 15) is 18.0 Å². The standard InChI is InChI=1S/C23H19F3N4O2/c1-14-21-19(15-3-9-18(32-2)10-4-15)11-12-27-22(21)30(29-14)13-20(31)28-17-7-5-16(6-8-17)23(24,25)26/h3-12H,13H2,1-2H3,(H,28,31). The molecule has 164 valence electrons. The van der Waals surface area contributed by atoms with Crippen molar-refractivity contribution >= 4 is 22.6 Å². The van der Waals surface area contributed by atoms with Gasteiger partial charge < -0.3 is 10.1 Å². The lowest BCUT2D eigenvalue weighted by molar-refractivity contribution is -0.137. The quantitative estimate of drug-likeness (QED) is 0.470. The summed E-state index contributed by atoms with van der Waals surface area (Å²) >= 11 is 0. The second-order valence-electron chi connectivity index (χ2n) is 7.15. The topological polar surface area (TPSA) is 69.0 Å². The largest absolute Gasteiger partial charge is 0.497 e. The Hall–Kier alpha value is -3.88. The summed E-state index contributed by atoms with van der Waals surface area (Å²) in [6, 6.07) is 13.7. The molecule has 0 aliphatic rings. The van der Waals surface area contributed by atoms with E-state index in [1.54, 1.807) is 13.3 Å². The number of alkyl halides is 3. The lowest BCUT2D eigenvalue weighted by Crippen LogP contribution is -2.20. The summed E-state index contributed by atoms with van der Waals surface area (Å²) < 4.78 is 44.8. The van der Waals surface area contributed by atoms with Crippen molar-refractivity contribution in [2.75, 3.05) is 12.4 Å². The molecule has 0 atom stereocenters. The van der Waals surface area contributed by atoms with Gasteiger partial charge in [0.25, 0.3) is 0 Å². The molecular weight excluding hydrogens is 421 g/mol. The van der Waals surface area contributed by atoms with Crippen molar-refractivity contribution in [2.24, 2.45) is 0 Å². The van der Waals surface area contributed by atoms with Gasteiger partial charge in [-0.1, -0.05) is 12.1 Å². The van der Waals surface area contributed by atoms with Crippen LogP contribution < -0.4 is 10.1 Å². The van der Waals surface area contributed by atoms with E-state index in [0.29, 0.717) is 11.3 Å². The minimum absolute atomic E-state index is 0.134. The number of rotatable bonds is 5. The van der Waals surface area contributed by atoms with Gasteiger partial charge in [-0.2, -0.15) is 18.3 Å². The van der Waals surface area contributed by atoms with Crippen LogP contribution in [0.15, 0.2) is 60.8 Å². The number of carbonyl (C=O) groups excluding carboxylic acids is 1. The van der Waals surface area contributed by atoms with E-state index in [-0.39, 0.29) is 12.2 Å². The number of pyridine rings is 1. The molecule has 0 radical (unpaired) electrons. The summed E-state index contributed by atoms with van der Waals surface area (Å²) in [7, 11) is 1.60. The van der Waals surface area contributed by atoms with Gasteiger partial charge in [0, 0.05) is 17.3 Å². The molecule has 0 fully saturated rings. The van der Waals surface area contributed by atoms with Crippen molar-refractivity contribution in [1.29, 1.82) is 0 Å². The van der Waals surface area contributed by atoms with Gasteiger partial charge >= 0.3 is 6.18 Å². The molecule has 0 saturated carbocycles. The van der Waals surface area contributed by atoms with Crippen LogP contribution in [0.1, 0.15) is 11.3 Å². The molecule has 6 nitrogen and oxygen atoms in total. The highest BCUT2D eigenvalue weighted by Crippen LogP contribution is 2.31. The number of ether oxygens (including phenoxy) is 1. The lowest BCUT2D eigenvalue weighted by atomic mass is 10.0. The van der Waals surface area contributed by atoms with Crippen molar-refractivity contribution in [3.8, 4) is 16.9 Å². The zero-order valence-corrected chi connectivity index (χ0v) is 17.3. The molecule has 0 aliphatic carbocycles. The number of anilines is 1. The smallest absolute Gasteiger partial charge is 0.416 e. The number of methoxy groups -OCH3 is 1. The Bertz CT molecular complexity index is 1260.